The summed E-state index contributed by atoms with van der Waals surface area (Å²) in [7, 11) is 0. The van der Waals surface area contributed by atoms with Crippen LogP contribution in [0, 0.1) is 0 Å². The van der Waals surface area contributed by atoms with Crippen LogP contribution in [0.4, 0.5) is 5.95 Å². The molecule has 0 saturated carbocycles. The molecule has 154 valence electrons. The van der Waals surface area contributed by atoms with Crippen LogP contribution in [0.3, 0.4) is 0 Å². The normalized spacial score (nSPS) is 18.8. The molecule has 0 atom stereocenters. The van der Waals surface area contributed by atoms with E-state index in [4.69, 9.17) is 9.26 Å². The SMILES string of the molecule is CC.CC(C)c1ccc(-c2nc(N3CCC(N4CCOCC4)CC3)no2)cn1. The standard InChI is InChI=1S/C19H27N5O2.C2H6/c1-14(2)17-4-3-15(13-20-17)18-21-19(22-26-18)24-7-5-16(6-8-24)23-9-11-25-12-10-23;1-2/h3-4,13-14,16H,5-12H2,1-2H3;1-2H3. The first-order chi connectivity index (χ1) is 13.7. The zero-order valence-electron chi connectivity index (χ0n) is 17.6. The van der Waals surface area contributed by atoms with Crippen LogP contribution in [0.15, 0.2) is 22.9 Å². The summed E-state index contributed by atoms with van der Waals surface area (Å²) in [6.45, 7) is 14.0. The van der Waals surface area contributed by atoms with Gasteiger partial charge in [-0.25, -0.2) is 0 Å². The summed E-state index contributed by atoms with van der Waals surface area (Å²) in [5.41, 5.74) is 1.94. The molecule has 28 heavy (non-hydrogen) atoms. The van der Waals surface area contributed by atoms with Crippen LogP contribution in [0.25, 0.3) is 11.5 Å². The van der Waals surface area contributed by atoms with Crippen molar-refractivity contribution in [3.05, 3.63) is 24.0 Å². The molecule has 0 unspecified atom stereocenters. The van der Waals surface area contributed by atoms with E-state index in [9.17, 15) is 0 Å². The van der Waals surface area contributed by atoms with Crippen molar-refractivity contribution in [3.8, 4) is 11.5 Å². The van der Waals surface area contributed by atoms with Gasteiger partial charge in [-0.05, 0) is 36.0 Å². The summed E-state index contributed by atoms with van der Waals surface area (Å²) < 4.78 is 10.9. The molecule has 0 N–H and O–H groups in total. The van der Waals surface area contributed by atoms with Crippen LogP contribution in [0.1, 0.15) is 52.1 Å². The Morgan fingerprint density at radius 3 is 2.36 bits per heavy atom. The maximum absolute atomic E-state index is 5.48. The Kier molecular flexibility index (Phi) is 7.39. The van der Waals surface area contributed by atoms with Crippen molar-refractivity contribution in [2.24, 2.45) is 0 Å². The fourth-order valence-corrected chi connectivity index (χ4v) is 3.71. The van der Waals surface area contributed by atoms with E-state index in [0.29, 0.717) is 23.8 Å². The summed E-state index contributed by atoms with van der Waals surface area (Å²) in [5, 5.41) is 4.19. The minimum atomic E-state index is 0.412. The fraction of sp³-hybridized carbons (Fsp3) is 0.667. The van der Waals surface area contributed by atoms with Crippen molar-refractivity contribution in [3.63, 3.8) is 0 Å². The van der Waals surface area contributed by atoms with Gasteiger partial charge in [-0.2, -0.15) is 4.98 Å². The Labute approximate surface area is 168 Å². The van der Waals surface area contributed by atoms with Gasteiger partial charge in [0.1, 0.15) is 0 Å². The number of rotatable bonds is 4. The molecule has 2 saturated heterocycles. The molecule has 4 heterocycles. The summed E-state index contributed by atoms with van der Waals surface area (Å²) in [4.78, 5) is 13.9. The van der Waals surface area contributed by atoms with Gasteiger partial charge in [0.2, 0.25) is 0 Å². The predicted octanol–water partition coefficient (Wildman–Crippen LogP) is 3.58. The number of pyridine rings is 1. The molecule has 0 aliphatic carbocycles. The molecule has 0 amide bonds. The van der Waals surface area contributed by atoms with Crippen molar-refractivity contribution >= 4 is 5.95 Å². The van der Waals surface area contributed by atoms with Crippen LogP contribution < -0.4 is 4.90 Å². The summed E-state index contributed by atoms with van der Waals surface area (Å²) >= 11 is 0. The summed E-state index contributed by atoms with van der Waals surface area (Å²) in [6.07, 6.45) is 4.08. The van der Waals surface area contributed by atoms with E-state index in [-0.39, 0.29) is 0 Å². The average molecular weight is 388 g/mol. The van der Waals surface area contributed by atoms with Gasteiger partial charge in [0.25, 0.3) is 11.8 Å². The lowest BCUT2D eigenvalue weighted by Gasteiger charge is -2.39. The molecule has 7 heteroatoms. The van der Waals surface area contributed by atoms with Crippen LogP contribution in [-0.4, -0.2) is 65.5 Å². The van der Waals surface area contributed by atoms with Crippen molar-refractivity contribution in [1.29, 1.82) is 0 Å². The quantitative estimate of drug-likeness (QED) is 0.794. The minimum Gasteiger partial charge on any atom is -0.379 e. The second kappa shape index (κ2) is 9.98. The van der Waals surface area contributed by atoms with Crippen LogP contribution in [0.2, 0.25) is 0 Å². The Balaban J connectivity index is 0.00000109. The molecule has 4 rings (SSSR count). The molecule has 0 bridgehead atoms. The molecular weight excluding hydrogens is 354 g/mol. The lowest BCUT2D eigenvalue weighted by Crippen LogP contribution is -2.49. The van der Waals surface area contributed by atoms with Gasteiger partial charge in [-0.15, -0.1) is 0 Å². The van der Waals surface area contributed by atoms with Gasteiger partial charge in [0.05, 0.1) is 18.8 Å². The molecule has 7 nitrogen and oxygen atoms in total. The maximum atomic E-state index is 5.48. The third-order valence-corrected chi connectivity index (χ3v) is 5.35. The van der Waals surface area contributed by atoms with E-state index in [1.165, 1.54) is 0 Å². The Morgan fingerprint density at radius 2 is 1.75 bits per heavy atom. The largest absolute Gasteiger partial charge is 0.379 e. The highest BCUT2D eigenvalue weighted by molar-refractivity contribution is 5.53. The van der Waals surface area contributed by atoms with Gasteiger partial charge in [0.15, 0.2) is 0 Å². The Morgan fingerprint density at radius 1 is 1.04 bits per heavy atom. The highest BCUT2D eigenvalue weighted by Gasteiger charge is 2.27. The molecule has 2 fully saturated rings. The Hall–Kier alpha value is -1.99. The molecule has 2 aromatic rings. The number of ether oxygens (including phenoxy) is 1. The van der Waals surface area contributed by atoms with E-state index < -0.39 is 0 Å². The second-order valence-electron chi connectivity index (χ2n) is 7.39. The van der Waals surface area contributed by atoms with E-state index >= 15 is 0 Å². The topological polar surface area (TPSA) is 67.5 Å². The first-order valence-corrected chi connectivity index (χ1v) is 10.6. The fourth-order valence-electron chi connectivity index (χ4n) is 3.71. The lowest BCUT2D eigenvalue weighted by atomic mass is 10.0. The number of anilines is 1. The molecule has 0 aromatic carbocycles. The van der Waals surface area contributed by atoms with Crippen molar-refractivity contribution in [2.75, 3.05) is 44.3 Å². The van der Waals surface area contributed by atoms with Crippen LogP contribution in [-0.2, 0) is 4.74 Å². The summed E-state index contributed by atoms with van der Waals surface area (Å²) in [6, 6.07) is 4.68. The summed E-state index contributed by atoms with van der Waals surface area (Å²) in [5.74, 6) is 1.64. The van der Waals surface area contributed by atoms with Gasteiger partial charge >= 0.3 is 0 Å². The average Bonchev–Trinajstić information content (AvgIpc) is 3.26. The molecule has 2 aromatic heterocycles. The van der Waals surface area contributed by atoms with E-state index in [1.54, 1.807) is 0 Å². The van der Waals surface area contributed by atoms with Crippen LogP contribution >= 0.6 is 0 Å². The highest BCUT2D eigenvalue weighted by atomic mass is 16.5. The van der Waals surface area contributed by atoms with Gasteiger partial charge in [0, 0.05) is 44.1 Å². The van der Waals surface area contributed by atoms with Crippen molar-refractivity contribution in [2.45, 2.75) is 52.5 Å². The van der Waals surface area contributed by atoms with Crippen molar-refractivity contribution < 1.29 is 9.26 Å². The predicted molar refractivity (Wildman–Crippen MR) is 111 cm³/mol. The van der Waals surface area contributed by atoms with E-state index in [0.717, 1.165) is 63.5 Å². The number of morpholine rings is 1. The first-order valence-electron chi connectivity index (χ1n) is 10.6. The van der Waals surface area contributed by atoms with Gasteiger partial charge in [-0.1, -0.05) is 27.7 Å². The lowest BCUT2D eigenvalue weighted by molar-refractivity contribution is 0.0114. The van der Waals surface area contributed by atoms with E-state index in [2.05, 4.69) is 38.8 Å². The maximum Gasteiger partial charge on any atom is 0.266 e. The van der Waals surface area contributed by atoms with Crippen LogP contribution in [0.5, 0.6) is 0 Å². The van der Waals surface area contributed by atoms with Crippen molar-refractivity contribution in [1.82, 2.24) is 20.0 Å². The zero-order chi connectivity index (χ0) is 19.9. The number of nitrogens with zero attached hydrogens (tertiary/aromatic N) is 5. The third-order valence-electron chi connectivity index (χ3n) is 5.35. The molecule has 0 radical (unpaired) electrons. The molecular formula is C21H33N5O2. The number of hydrogen-bond donors (Lipinski definition) is 0. The number of hydrogen-bond acceptors (Lipinski definition) is 7. The van der Waals surface area contributed by atoms with E-state index in [1.807, 2.05) is 32.2 Å². The highest BCUT2D eigenvalue weighted by Crippen LogP contribution is 2.24. The minimum absolute atomic E-state index is 0.412. The second-order valence-corrected chi connectivity index (χ2v) is 7.39. The monoisotopic (exact) mass is 387 g/mol. The first kappa shape index (κ1) is 20.7. The molecule has 0 spiro atoms. The number of piperidine rings is 1. The van der Waals surface area contributed by atoms with Gasteiger partial charge in [-0.3, -0.25) is 9.88 Å². The smallest absolute Gasteiger partial charge is 0.266 e. The van der Waals surface area contributed by atoms with Gasteiger partial charge < -0.3 is 14.2 Å². The molecule has 2 aliphatic rings. The Bertz CT molecular complexity index is 702. The third kappa shape index (κ3) is 4.89. The zero-order valence-corrected chi connectivity index (χ0v) is 17.6. The number of aromatic nitrogens is 3. The molecule has 2 aliphatic heterocycles.